The molecule has 1 unspecified atom stereocenters. The molecule has 1 aliphatic carbocycles. The Bertz CT molecular complexity index is 1470. The van der Waals surface area contributed by atoms with Gasteiger partial charge in [0, 0.05) is 31.2 Å². The first-order valence-corrected chi connectivity index (χ1v) is 12.8. The summed E-state index contributed by atoms with van der Waals surface area (Å²) < 4.78 is 11.4. The van der Waals surface area contributed by atoms with Crippen molar-refractivity contribution in [3.63, 3.8) is 0 Å². The second-order valence-electron chi connectivity index (χ2n) is 10.4. The number of ether oxygens (including phenoxy) is 1. The molecule has 3 heterocycles. The second-order valence-corrected chi connectivity index (χ2v) is 10.4. The fraction of sp³-hybridized carbons (Fsp3) is 0.393. The number of carbonyl (C=O) groups is 3. The standard InChI is InChI=1S/C28H29N5O5/c1-15-4-5-19(17(10-15)14-37-3)25-31-32-27(38-25)30-28(8-9-28)18-11-16(2)21-13-33(26(36)20(21)12-18)22-6-7-23(34)29-24(22)35/h4-5,10-12,22H,6-9,13-14H2,1-3H3,(H,30,32)(H,29,34,35). The van der Waals surface area contributed by atoms with Crippen molar-refractivity contribution in [2.24, 2.45) is 0 Å². The number of piperidine rings is 1. The maximum atomic E-state index is 13.4. The fourth-order valence-electron chi connectivity index (χ4n) is 5.53. The maximum Gasteiger partial charge on any atom is 0.316 e. The molecular formula is C28H29N5O5. The molecule has 1 aromatic heterocycles. The van der Waals surface area contributed by atoms with Gasteiger partial charge in [0.25, 0.3) is 5.91 Å². The predicted molar refractivity (Wildman–Crippen MR) is 137 cm³/mol. The number of nitrogens with one attached hydrogen (secondary N) is 2. The Hall–Kier alpha value is -4.05. The summed E-state index contributed by atoms with van der Waals surface area (Å²) in [6, 6.07) is 9.69. The monoisotopic (exact) mass is 515 g/mol. The van der Waals surface area contributed by atoms with Crippen molar-refractivity contribution in [2.45, 2.75) is 64.3 Å². The molecule has 10 nitrogen and oxygen atoms in total. The molecule has 2 aliphatic heterocycles. The summed E-state index contributed by atoms with van der Waals surface area (Å²) in [5.74, 6) is -0.469. The SMILES string of the molecule is COCc1cc(C)ccc1-c1nnc(NC2(c3cc(C)c4c(c3)C(=O)N(C3CCC(=O)NC3=O)C4)CC2)o1. The van der Waals surface area contributed by atoms with Crippen molar-refractivity contribution in [1.29, 1.82) is 0 Å². The molecule has 3 aromatic rings. The van der Waals surface area contributed by atoms with E-state index >= 15 is 0 Å². The average Bonchev–Trinajstić information content (AvgIpc) is 3.38. The van der Waals surface area contributed by atoms with Crippen molar-refractivity contribution in [3.05, 3.63) is 63.7 Å². The van der Waals surface area contributed by atoms with Crippen LogP contribution in [0.25, 0.3) is 11.5 Å². The largest absolute Gasteiger partial charge is 0.403 e. The van der Waals surface area contributed by atoms with E-state index < -0.39 is 17.5 Å². The van der Waals surface area contributed by atoms with Gasteiger partial charge >= 0.3 is 6.01 Å². The van der Waals surface area contributed by atoms with Gasteiger partial charge in [-0.3, -0.25) is 19.7 Å². The highest BCUT2D eigenvalue weighted by Crippen LogP contribution is 2.49. The van der Waals surface area contributed by atoms with E-state index in [1.807, 2.05) is 38.1 Å². The van der Waals surface area contributed by atoms with Crippen LogP contribution in [0.2, 0.25) is 0 Å². The van der Waals surface area contributed by atoms with E-state index in [2.05, 4.69) is 26.9 Å². The van der Waals surface area contributed by atoms with Crippen LogP contribution in [0.1, 0.15) is 63.9 Å². The topological polar surface area (TPSA) is 127 Å². The lowest BCUT2D eigenvalue weighted by atomic mass is 9.95. The number of benzene rings is 2. The first-order chi connectivity index (χ1) is 18.3. The van der Waals surface area contributed by atoms with Gasteiger partial charge in [-0.1, -0.05) is 28.9 Å². The number of anilines is 1. The number of hydrogen-bond acceptors (Lipinski definition) is 8. The van der Waals surface area contributed by atoms with Gasteiger partial charge in [-0.05, 0) is 67.5 Å². The van der Waals surface area contributed by atoms with Crippen LogP contribution in [0, 0.1) is 13.8 Å². The first-order valence-electron chi connectivity index (χ1n) is 12.8. The van der Waals surface area contributed by atoms with E-state index in [1.165, 1.54) is 0 Å². The van der Waals surface area contributed by atoms with Gasteiger partial charge in [-0.2, -0.15) is 0 Å². The van der Waals surface area contributed by atoms with Crippen molar-refractivity contribution >= 4 is 23.7 Å². The van der Waals surface area contributed by atoms with Crippen LogP contribution in [0.5, 0.6) is 0 Å². The van der Waals surface area contributed by atoms with Crippen molar-refractivity contribution in [3.8, 4) is 11.5 Å². The number of methoxy groups -OCH3 is 1. The van der Waals surface area contributed by atoms with Gasteiger partial charge in [0.15, 0.2) is 0 Å². The molecule has 3 amide bonds. The van der Waals surface area contributed by atoms with Crippen molar-refractivity contribution in [1.82, 2.24) is 20.4 Å². The number of hydrogen-bond donors (Lipinski definition) is 2. The van der Waals surface area contributed by atoms with E-state index in [1.54, 1.807) is 12.0 Å². The molecule has 1 saturated carbocycles. The predicted octanol–water partition coefficient (Wildman–Crippen LogP) is 3.36. The van der Waals surface area contributed by atoms with E-state index in [0.717, 1.165) is 46.2 Å². The molecule has 3 aliphatic rings. The lowest BCUT2D eigenvalue weighted by molar-refractivity contribution is -0.136. The number of imide groups is 1. The zero-order valence-electron chi connectivity index (χ0n) is 21.6. The zero-order valence-corrected chi connectivity index (χ0v) is 21.6. The van der Waals surface area contributed by atoms with Gasteiger partial charge in [-0.25, -0.2) is 0 Å². The van der Waals surface area contributed by atoms with E-state index in [9.17, 15) is 14.4 Å². The Labute approximate surface area is 219 Å². The van der Waals surface area contributed by atoms with Gasteiger partial charge < -0.3 is 19.4 Å². The third-order valence-corrected chi connectivity index (χ3v) is 7.74. The van der Waals surface area contributed by atoms with Gasteiger partial charge in [-0.15, -0.1) is 5.10 Å². The van der Waals surface area contributed by atoms with E-state index in [4.69, 9.17) is 9.15 Å². The second kappa shape index (κ2) is 9.05. The van der Waals surface area contributed by atoms with Gasteiger partial charge in [0.1, 0.15) is 6.04 Å². The quantitative estimate of drug-likeness (QED) is 0.459. The smallest absolute Gasteiger partial charge is 0.316 e. The number of nitrogens with zero attached hydrogens (tertiary/aromatic N) is 3. The summed E-state index contributed by atoms with van der Waals surface area (Å²) in [5.41, 5.74) is 6.00. The first kappa shape index (κ1) is 24.3. The Morgan fingerprint density at radius 2 is 1.95 bits per heavy atom. The molecule has 38 heavy (non-hydrogen) atoms. The number of aryl methyl sites for hydroxylation is 2. The third kappa shape index (κ3) is 4.14. The van der Waals surface area contributed by atoms with Crippen LogP contribution in [-0.4, -0.2) is 46.0 Å². The Morgan fingerprint density at radius 3 is 2.68 bits per heavy atom. The van der Waals surface area contributed by atoms with Gasteiger partial charge in [0.2, 0.25) is 17.7 Å². The summed E-state index contributed by atoms with van der Waals surface area (Å²) in [6.07, 6.45) is 2.28. The molecule has 1 atom stereocenters. The minimum absolute atomic E-state index is 0.180. The summed E-state index contributed by atoms with van der Waals surface area (Å²) in [5, 5.41) is 14.3. The number of aromatic nitrogens is 2. The summed E-state index contributed by atoms with van der Waals surface area (Å²) in [4.78, 5) is 39.0. The van der Waals surface area contributed by atoms with Crippen LogP contribution in [-0.2, 0) is 33.0 Å². The highest BCUT2D eigenvalue weighted by molar-refractivity contribution is 6.05. The van der Waals surface area contributed by atoms with Crippen molar-refractivity contribution in [2.75, 3.05) is 12.4 Å². The highest BCUT2D eigenvalue weighted by Gasteiger charge is 2.47. The van der Waals surface area contributed by atoms with E-state index in [-0.39, 0.29) is 18.2 Å². The Balaban J connectivity index is 1.25. The van der Waals surface area contributed by atoms with Crippen LogP contribution < -0.4 is 10.6 Å². The molecule has 2 fully saturated rings. The third-order valence-electron chi connectivity index (χ3n) is 7.74. The van der Waals surface area contributed by atoms with Crippen LogP contribution >= 0.6 is 0 Å². The summed E-state index contributed by atoms with van der Waals surface area (Å²) >= 11 is 0. The lowest BCUT2D eigenvalue weighted by Gasteiger charge is -2.29. The molecule has 1 saturated heterocycles. The van der Waals surface area contributed by atoms with E-state index in [0.29, 0.717) is 37.0 Å². The summed E-state index contributed by atoms with van der Waals surface area (Å²) in [7, 11) is 1.65. The number of amides is 3. The molecular weight excluding hydrogens is 486 g/mol. The summed E-state index contributed by atoms with van der Waals surface area (Å²) in [6.45, 7) is 4.80. The Morgan fingerprint density at radius 1 is 1.13 bits per heavy atom. The maximum absolute atomic E-state index is 13.4. The molecule has 0 bridgehead atoms. The van der Waals surface area contributed by atoms with Crippen molar-refractivity contribution < 1.29 is 23.5 Å². The molecule has 10 heteroatoms. The normalized spacial score (nSPS) is 19.9. The number of fused-ring (bicyclic) bond motifs is 1. The average molecular weight is 516 g/mol. The fourth-order valence-corrected chi connectivity index (χ4v) is 5.53. The number of rotatable bonds is 7. The molecule has 2 N–H and O–H groups in total. The number of carbonyl (C=O) groups excluding carboxylic acids is 3. The molecule has 6 rings (SSSR count). The highest BCUT2D eigenvalue weighted by atomic mass is 16.5. The van der Waals surface area contributed by atoms with Gasteiger partial charge in [0.05, 0.1) is 12.1 Å². The zero-order chi connectivity index (χ0) is 26.6. The Kier molecular flexibility index (Phi) is 5.79. The minimum atomic E-state index is -0.634. The molecule has 2 aromatic carbocycles. The minimum Gasteiger partial charge on any atom is -0.403 e. The lowest BCUT2D eigenvalue weighted by Crippen LogP contribution is -2.52. The van der Waals surface area contributed by atoms with Crippen LogP contribution in [0.15, 0.2) is 34.7 Å². The molecule has 0 radical (unpaired) electrons. The molecule has 196 valence electrons. The van der Waals surface area contributed by atoms with Crippen LogP contribution in [0.3, 0.4) is 0 Å². The van der Waals surface area contributed by atoms with Crippen LogP contribution in [0.4, 0.5) is 6.01 Å². The molecule has 0 spiro atoms.